The predicted octanol–water partition coefficient (Wildman–Crippen LogP) is -3.35. The van der Waals surface area contributed by atoms with E-state index in [9.17, 15) is 0 Å². The zero-order valence-electron chi connectivity index (χ0n) is 9.40. The molecule has 0 spiro atoms. The van der Waals surface area contributed by atoms with Crippen LogP contribution in [0.2, 0.25) is 0 Å². The summed E-state index contributed by atoms with van der Waals surface area (Å²) in [6, 6.07) is 7.25. The molecule has 17 heavy (non-hydrogen) atoms. The number of benzene rings is 1. The molecule has 1 unspecified atom stereocenters. The minimum absolute atomic E-state index is 0. The molecule has 0 heterocycles. The summed E-state index contributed by atoms with van der Waals surface area (Å²) in [5.74, 6) is 0.907. The van der Waals surface area contributed by atoms with Crippen LogP contribution < -0.4 is 24.8 Å². The molecule has 0 bridgehead atoms. The smallest absolute Gasteiger partial charge is 1.00 e. The van der Waals surface area contributed by atoms with E-state index in [1.165, 1.54) is 0 Å². The Bertz CT molecular complexity index is 377. The minimum atomic E-state index is 0. The van der Waals surface area contributed by atoms with Gasteiger partial charge in [0.15, 0.2) is 0 Å². The summed E-state index contributed by atoms with van der Waals surface area (Å²) in [7, 11) is 0. The maximum Gasteiger partial charge on any atom is -1.00 e. The van der Waals surface area contributed by atoms with Gasteiger partial charge in [0.1, 0.15) is 0 Å². The van der Waals surface area contributed by atoms with Crippen molar-refractivity contribution in [3.63, 3.8) is 0 Å². The van der Waals surface area contributed by atoms with Crippen molar-refractivity contribution in [3.05, 3.63) is 54.1 Å². The van der Waals surface area contributed by atoms with Gasteiger partial charge in [-0.05, 0) is 0 Å². The molecule has 0 aromatic heterocycles. The standard InChI is InChI=1S/C7H6O.C6H7.2ClH.Ti/c1-6-4-2-3-5-7(6)8;1-6-4-2-3-5-6;;;/h1-5,8H;2-4,6H,1H3;2*1H;/q;-1;;;+2/p-2. The Morgan fingerprint density at radius 2 is 1.94 bits per heavy atom. The summed E-state index contributed by atoms with van der Waals surface area (Å²) in [5, 5.41) is 9.08. The van der Waals surface area contributed by atoms with E-state index in [-0.39, 0.29) is 24.8 Å². The van der Waals surface area contributed by atoms with Gasteiger partial charge in [-0.3, -0.25) is 6.08 Å². The van der Waals surface area contributed by atoms with Crippen LogP contribution in [0.4, 0.5) is 0 Å². The van der Waals surface area contributed by atoms with Gasteiger partial charge in [0, 0.05) is 0 Å². The van der Waals surface area contributed by atoms with Gasteiger partial charge in [0.2, 0.25) is 0 Å². The van der Waals surface area contributed by atoms with Crippen LogP contribution in [0.15, 0.2) is 42.5 Å². The Morgan fingerprint density at radius 1 is 1.29 bits per heavy atom. The van der Waals surface area contributed by atoms with Crippen LogP contribution in [0.3, 0.4) is 0 Å². The maximum atomic E-state index is 9.08. The zero-order valence-corrected chi connectivity index (χ0v) is 12.5. The Morgan fingerprint density at radius 3 is 2.24 bits per heavy atom. The first-order valence-corrected chi connectivity index (χ1v) is 5.68. The molecule has 1 aromatic carbocycles. The third-order valence-corrected chi connectivity index (χ3v) is 2.43. The molecular weight excluding hydrogens is 291 g/mol. The summed E-state index contributed by atoms with van der Waals surface area (Å²) < 4.78 is 1.87. The van der Waals surface area contributed by atoms with E-state index < -0.39 is 0 Å². The van der Waals surface area contributed by atoms with Crippen LogP contribution in [-0.2, 0) is 20.0 Å². The van der Waals surface area contributed by atoms with Gasteiger partial charge in [-0.25, -0.2) is 12.2 Å². The first-order valence-electron chi connectivity index (χ1n) is 4.78. The fraction of sp³-hybridized carbons (Fsp3) is 0.154. The molecule has 0 radical (unpaired) electrons. The van der Waals surface area contributed by atoms with E-state index in [1.54, 1.807) is 6.07 Å². The third-order valence-electron chi connectivity index (χ3n) is 1.95. The molecule has 1 aromatic rings. The van der Waals surface area contributed by atoms with Crippen LogP contribution in [-0.4, -0.2) is 9.42 Å². The number of phenols is 1. The van der Waals surface area contributed by atoms with Crippen molar-refractivity contribution < 1.29 is 49.9 Å². The van der Waals surface area contributed by atoms with Gasteiger partial charge in [-0.2, -0.15) is 6.08 Å². The number of rotatable bonds is 1. The van der Waals surface area contributed by atoms with E-state index in [2.05, 4.69) is 19.1 Å². The molecule has 90 valence electrons. The first kappa shape index (κ1) is 19.0. The Balaban J connectivity index is 0. The molecular formula is C13H13Cl2OTi-. The average Bonchev–Trinajstić information content (AvgIpc) is 2.71. The second-order valence-electron chi connectivity index (χ2n) is 3.21. The van der Waals surface area contributed by atoms with Crippen molar-refractivity contribution in [3.8, 4) is 5.75 Å². The van der Waals surface area contributed by atoms with E-state index in [1.807, 2.05) is 54.6 Å². The summed E-state index contributed by atoms with van der Waals surface area (Å²) in [5.41, 5.74) is 0.887. The van der Waals surface area contributed by atoms with Crippen LogP contribution >= 0.6 is 0 Å². The fourth-order valence-corrected chi connectivity index (χ4v) is 1.48. The molecule has 0 fully saturated rings. The summed E-state index contributed by atoms with van der Waals surface area (Å²) in [6.45, 7) is 2.11. The summed E-state index contributed by atoms with van der Waals surface area (Å²) >= 11 is 1.90. The monoisotopic (exact) mass is 303 g/mol. The van der Waals surface area contributed by atoms with Crippen molar-refractivity contribution in [1.29, 1.82) is 0 Å². The molecule has 1 N–H and O–H groups in total. The SMILES string of the molecule is CC1[C-]=CC=C1.Oc1ccccc1[CH]=[Ti+2].[Cl-].[Cl-]. The number of phenolic OH excluding ortho intramolecular Hbond substituents is 1. The van der Waals surface area contributed by atoms with Crippen LogP contribution in [0.1, 0.15) is 12.5 Å². The van der Waals surface area contributed by atoms with E-state index >= 15 is 0 Å². The van der Waals surface area contributed by atoms with E-state index in [0.717, 1.165) is 5.56 Å². The molecule has 0 saturated carbocycles. The molecule has 0 aliphatic heterocycles. The number of para-hydroxylation sites is 1. The molecule has 1 aliphatic rings. The molecule has 0 saturated heterocycles. The number of allylic oxidation sites excluding steroid dienone is 4. The topological polar surface area (TPSA) is 20.2 Å². The number of hydrogen-bond acceptors (Lipinski definition) is 1. The van der Waals surface area contributed by atoms with E-state index in [4.69, 9.17) is 5.11 Å². The van der Waals surface area contributed by atoms with Crippen LogP contribution in [0, 0.1) is 12.0 Å². The van der Waals surface area contributed by atoms with Gasteiger partial charge in [0.05, 0.1) is 0 Å². The van der Waals surface area contributed by atoms with Gasteiger partial charge in [-0.1, -0.05) is 12.8 Å². The largest absolute Gasteiger partial charge is 1.00 e. The molecule has 4 heteroatoms. The summed E-state index contributed by atoms with van der Waals surface area (Å²) in [6.07, 6.45) is 9.16. The number of aromatic hydroxyl groups is 1. The Kier molecular flexibility index (Phi) is 12.1. The molecule has 1 atom stereocenters. The van der Waals surface area contributed by atoms with Crippen molar-refractivity contribution >= 4 is 4.31 Å². The Hall–Kier alpha value is -0.336. The third kappa shape index (κ3) is 7.56. The number of hydrogen-bond donors (Lipinski definition) is 1. The van der Waals surface area contributed by atoms with Crippen molar-refractivity contribution in [2.45, 2.75) is 6.92 Å². The average molecular weight is 304 g/mol. The first-order chi connectivity index (χ1) is 7.24. The van der Waals surface area contributed by atoms with E-state index in [0.29, 0.717) is 11.7 Å². The molecule has 2 rings (SSSR count). The zero-order chi connectivity index (χ0) is 11.1. The quantitative estimate of drug-likeness (QED) is 0.425. The second kappa shape index (κ2) is 10.8. The Labute approximate surface area is 126 Å². The summed E-state index contributed by atoms with van der Waals surface area (Å²) in [4.78, 5) is 0. The van der Waals surface area contributed by atoms with Gasteiger partial charge >= 0.3 is 65.0 Å². The van der Waals surface area contributed by atoms with Crippen LogP contribution in [0.5, 0.6) is 5.75 Å². The number of halogens is 2. The molecule has 1 aliphatic carbocycles. The fourth-order valence-electron chi connectivity index (χ4n) is 1.09. The molecule has 0 amide bonds. The maximum absolute atomic E-state index is 9.08. The van der Waals surface area contributed by atoms with Gasteiger partial charge in [0.25, 0.3) is 0 Å². The van der Waals surface area contributed by atoms with Crippen LogP contribution in [0.25, 0.3) is 0 Å². The minimum Gasteiger partial charge on any atom is -1.00 e. The second-order valence-corrected chi connectivity index (χ2v) is 3.66. The van der Waals surface area contributed by atoms with Crippen molar-refractivity contribution in [1.82, 2.24) is 0 Å². The van der Waals surface area contributed by atoms with Gasteiger partial charge < -0.3 is 24.8 Å². The normalized spacial score (nSPS) is 15.1. The van der Waals surface area contributed by atoms with Crippen molar-refractivity contribution in [2.24, 2.45) is 5.92 Å². The predicted molar refractivity (Wildman–Crippen MR) is 59.4 cm³/mol. The van der Waals surface area contributed by atoms with Crippen molar-refractivity contribution in [2.75, 3.05) is 0 Å². The van der Waals surface area contributed by atoms with Gasteiger partial charge in [-0.15, -0.1) is 0 Å². The molecule has 1 nitrogen and oxygen atoms in total.